The molecule has 3 N–H and O–H groups in total. The Morgan fingerprint density at radius 1 is 1.47 bits per heavy atom. The second kappa shape index (κ2) is 6.52. The molecule has 0 bridgehead atoms. The highest BCUT2D eigenvalue weighted by Crippen LogP contribution is 2.19. The molecule has 5 nitrogen and oxygen atoms in total. The van der Waals surface area contributed by atoms with E-state index in [0.717, 1.165) is 25.3 Å². The van der Waals surface area contributed by atoms with Gasteiger partial charge >= 0.3 is 0 Å². The summed E-state index contributed by atoms with van der Waals surface area (Å²) in [5.41, 5.74) is 6.47. The molecule has 0 spiro atoms. The van der Waals surface area contributed by atoms with Gasteiger partial charge in [0.05, 0.1) is 17.9 Å². The molecule has 1 aliphatic rings. The van der Waals surface area contributed by atoms with Crippen LogP contribution in [0.4, 0.5) is 11.5 Å². The van der Waals surface area contributed by atoms with Gasteiger partial charge in [-0.25, -0.2) is 4.98 Å². The third-order valence-electron chi connectivity index (χ3n) is 3.38. The fourth-order valence-corrected chi connectivity index (χ4v) is 2.27. The van der Waals surface area contributed by atoms with Crippen molar-refractivity contribution in [1.82, 2.24) is 4.98 Å². The van der Waals surface area contributed by atoms with Crippen molar-refractivity contribution >= 4 is 17.4 Å². The van der Waals surface area contributed by atoms with E-state index in [9.17, 15) is 4.79 Å². The van der Waals surface area contributed by atoms with Gasteiger partial charge in [-0.3, -0.25) is 4.79 Å². The van der Waals surface area contributed by atoms with Crippen LogP contribution in [0.5, 0.6) is 0 Å². The first-order valence-electron chi connectivity index (χ1n) is 6.98. The third-order valence-corrected chi connectivity index (χ3v) is 3.38. The summed E-state index contributed by atoms with van der Waals surface area (Å²) in [6.07, 6.45) is 5.76. The Morgan fingerprint density at radius 3 is 2.79 bits per heavy atom. The first-order valence-corrected chi connectivity index (χ1v) is 6.98. The molecule has 19 heavy (non-hydrogen) atoms. The summed E-state index contributed by atoms with van der Waals surface area (Å²) >= 11 is 0. The molecule has 1 saturated heterocycles. The molecule has 1 aromatic heterocycles. The average Bonchev–Trinajstić information content (AvgIpc) is 2.94. The Balaban J connectivity index is 1.92. The van der Waals surface area contributed by atoms with Crippen molar-refractivity contribution in [2.45, 2.75) is 38.6 Å². The van der Waals surface area contributed by atoms with Crippen LogP contribution in [-0.4, -0.2) is 30.0 Å². The first kappa shape index (κ1) is 13.8. The van der Waals surface area contributed by atoms with E-state index in [1.165, 1.54) is 12.8 Å². The molecule has 2 rings (SSSR count). The lowest BCUT2D eigenvalue weighted by Gasteiger charge is -2.16. The molecular weight excluding hydrogens is 240 g/mol. The molecule has 104 valence electrons. The van der Waals surface area contributed by atoms with E-state index in [4.69, 9.17) is 5.73 Å². The van der Waals surface area contributed by atoms with Crippen molar-refractivity contribution in [3.63, 3.8) is 0 Å². The van der Waals surface area contributed by atoms with Crippen molar-refractivity contribution in [3.05, 3.63) is 18.3 Å². The van der Waals surface area contributed by atoms with Gasteiger partial charge in [-0.05, 0) is 31.4 Å². The molecule has 1 aliphatic heterocycles. The van der Waals surface area contributed by atoms with Gasteiger partial charge < -0.3 is 16.0 Å². The van der Waals surface area contributed by atoms with Gasteiger partial charge in [-0.15, -0.1) is 0 Å². The monoisotopic (exact) mass is 262 g/mol. The molecular formula is C14H22N4O. The summed E-state index contributed by atoms with van der Waals surface area (Å²) < 4.78 is 0. The maximum Gasteiger partial charge on any atom is 0.241 e. The van der Waals surface area contributed by atoms with E-state index in [0.29, 0.717) is 12.1 Å². The van der Waals surface area contributed by atoms with Gasteiger partial charge in [0.1, 0.15) is 5.82 Å². The van der Waals surface area contributed by atoms with Crippen molar-refractivity contribution < 1.29 is 4.79 Å². The van der Waals surface area contributed by atoms with Crippen molar-refractivity contribution in [3.8, 4) is 0 Å². The molecule has 1 amide bonds. The number of carbonyl (C=O) groups is 1. The molecule has 1 atom stereocenters. The lowest BCUT2D eigenvalue weighted by molar-refractivity contribution is -0.117. The second-order valence-corrected chi connectivity index (χ2v) is 4.98. The quantitative estimate of drug-likeness (QED) is 0.848. The van der Waals surface area contributed by atoms with Crippen molar-refractivity contribution in [1.29, 1.82) is 0 Å². The lowest BCUT2D eigenvalue weighted by atomic mass is 10.1. The number of nitrogens with two attached hydrogens (primary N) is 1. The van der Waals surface area contributed by atoms with Crippen molar-refractivity contribution in [2.75, 3.05) is 23.3 Å². The highest BCUT2D eigenvalue weighted by molar-refractivity contribution is 5.94. The summed E-state index contributed by atoms with van der Waals surface area (Å²) in [4.78, 5) is 18.4. The maximum atomic E-state index is 11.8. The van der Waals surface area contributed by atoms with Crippen LogP contribution in [0.3, 0.4) is 0 Å². The van der Waals surface area contributed by atoms with Crippen LogP contribution in [0.1, 0.15) is 32.6 Å². The van der Waals surface area contributed by atoms with E-state index >= 15 is 0 Å². The van der Waals surface area contributed by atoms with Crippen LogP contribution in [0, 0.1) is 0 Å². The molecule has 0 unspecified atom stereocenters. The minimum Gasteiger partial charge on any atom is -0.357 e. The van der Waals surface area contributed by atoms with E-state index in [1.807, 2.05) is 19.1 Å². The molecule has 1 fully saturated rings. The highest BCUT2D eigenvalue weighted by Gasteiger charge is 2.15. The molecule has 0 saturated carbocycles. The van der Waals surface area contributed by atoms with Gasteiger partial charge in [-0.1, -0.05) is 13.3 Å². The van der Waals surface area contributed by atoms with E-state index < -0.39 is 6.04 Å². The molecule has 0 aromatic carbocycles. The third kappa shape index (κ3) is 3.67. The van der Waals surface area contributed by atoms with Crippen molar-refractivity contribution in [2.24, 2.45) is 5.73 Å². The summed E-state index contributed by atoms with van der Waals surface area (Å²) in [5, 5.41) is 2.80. The van der Waals surface area contributed by atoms with Crippen LogP contribution in [0.15, 0.2) is 18.3 Å². The van der Waals surface area contributed by atoms with Crippen LogP contribution >= 0.6 is 0 Å². The number of nitrogens with one attached hydrogen (secondary N) is 1. The number of pyridine rings is 1. The fraction of sp³-hybridized carbons (Fsp3) is 0.571. The minimum atomic E-state index is -0.441. The number of hydrogen-bond acceptors (Lipinski definition) is 4. The Hall–Kier alpha value is -1.62. The van der Waals surface area contributed by atoms with Gasteiger partial charge in [-0.2, -0.15) is 0 Å². The van der Waals surface area contributed by atoms with Crippen LogP contribution in [-0.2, 0) is 4.79 Å². The predicted octanol–water partition coefficient (Wildman–Crippen LogP) is 1.75. The smallest absolute Gasteiger partial charge is 0.241 e. The van der Waals surface area contributed by atoms with Crippen LogP contribution in [0.2, 0.25) is 0 Å². The Bertz CT molecular complexity index is 412. The van der Waals surface area contributed by atoms with E-state index in [2.05, 4.69) is 15.2 Å². The predicted molar refractivity (Wildman–Crippen MR) is 77.2 cm³/mol. The number of carbonyl (C=O) groups excluding carboxylic acids is 1. The molecule has 1 aromatic rings. The van der Waals surface area contributed by atoms with Gasteiger partial charge in [0, 0.05) is 13.1 Å². The summed E-state index contributed by atoms with van der Waals surface area (Å²) in [5.74, 6) is 0.839. The number of anilines is 2. The largest absolute Gasteiger partial charge is 0.357 e. The maximum absolute atomic E-state index is 11.8. The average molecular weight is 262 g/mol. The number of aromatic nitrogens is 1. The Morgan fingerprint density at radius 2 is 2.21 bits per heavy atom. The Labute approximate surface area is 114 Å². The highest BCUT2D eigenvalue weighted by atomic mass is 16.2. The molecule has 0 radical (unpaired) electrons. The molecule has 2 heterocycles. The topological polar surface area (TPSA) is 71.2 Å². The van der Waals surface area contributed by atoms with Gasteiger partial charge in [0.2, 0.25) is 5.91 Å². The van der Waals surface area contributed by atoms with Gasteiger partial charge in [0.15, 0.2) is 0 Å². The number of hydrogen-bond donors (Lipinski definition) is 2. The Kier molecular flexibility index (Phi) is 4.74. The summed E-state index contributed by atoms with van der Waals surface area (Å²) in [7, 11) is 0. The first-order chi connectivity index (χ1) is 9.20. The minimum absolute atomic E-state index is 0.141. The van der Waals surface area contributed by atoms with Gasteiger partial charge in [0.25, 0.3) is 0 Å². The van der Waals surface area contributed by atoms with E-state index in [1.54, 1.807) is 6.20 Å². The summed E-state index contributed by atoms with van der Waals surface area (Å²) in [6, 6.07) is 3.40. The zero-order valence-electron chi connectivity index (χ0n) is 11.4. The SMILES string of the molecule is CCC[C@H](N)C(=O)Nc1ccc(N2CCCC2)nc1. The van der Waals surface area contributed by atoms with Crippen LogP contribution < -0.4 is 16.0 Å². The van der Waals surface area contributed by atoms with E-state index in [-0.39, 0.29) is 5.91 Å². The number of nitrogens with zero attached hydrogens (tertiary/aromatic N) is 2. The standard InChI is InChI=1S/C14H22N4O/c1-2-5-12(15)14(19)17-11-6-7-13(16-10-11)18-8-3-4-9-18/h6-7,10,12H,2-5,8-9,15H2,1H3,(H,17,19)/t12-/m0/s1. The molecule has 5 heteroatoms. The zero-order valence-corrected chi connectivity index (χ0v) is 11.4. The normalized spacial score (nSPS) is 16.4. The fourth-order valence-electron chi connectivity index (χ4n) is 2.27. The van der Waals surface area contributed by atoms with Crippen LogP contribution in [0.25, 0.3) is 0 Å². The lowest BCUT2D eigenvalue weighted by Crippen LogP contribution is -2.35. The zero-order chi connectivity index (χ0) is 13.7. The second-order valence-electron chi connectivity index (χ2n) is 4.98. The summed E-state index contributed by atoms with van der Waals surface area (Å²) in [6.45, 7) is 4.15. The number of amides is 1. The number of rotatable bonds is 5. The molecule has 0 aliphatic carbocycles.